The third-order valence-corrected chi connectivity index (χ3v) is 7.80. The van der Waals surface area contributed by atoms with Gasteiger partial charge >= 0.3 is 0 Å². The third kappa shape index (κ3) is 4.42. The summed E-state index contributed by atoms with van der Waals surface area (Å²) in [6.45, 7) is 9.00. The van der Waals surface area contributed by atoms with Crippen LogP contribution in [0.2, 0.25) is 0 Å². The van der Waals surface area contributed by atoms with E-state index in [0.717, 1.165) is 22.2 Å². The van der Waals surface area contributed by atoms with Gasteiger partial charge < -0.3 is 0 Å². The van der Waals surface area contributed by atoms with E-state index in [1.165, 1.54) is 11.3 Å². The Morgan fingerprint density at radius 3 is 2.32 bits per heavy atom. The summed E-state index contributed by atoms with van der Waals surface area (Å²) >= 11 is 3.05. The largest absolute Gasteiger partial charge is 0.261 e. The molecular formula is C15H25N5O2S3. The van der Waals surface area contributed by atoms with Crippen molar-refractivity contribution in [2.24, 2.45) is 0 Å². The summed E-state index contributed by atoms with van der Waals surface area (Å²) in [5, 5.41) is 13.5. The van der Waals surface area contributed by atoms with E-state index in [1.54, 1.807) is 34.6 Å². The second-order valence-corrected chi connectivity index (χ2v) is 9.72. The molecule has 7 nitrogen and oxygen atoms in total. The number of hydrogen-bond donors (Lipinski definition) is 0. The Kier molecular flexibility index (Phi) is 7.01. The minimum atomic E-state index is -3.54. The van der Waals surface area contributed by atoms with E-state index < -0.39 is 10.0 Å². The molecule has 0 atom stereocenters. The molecule has 0 amide bonds. The first-order valence-corrected chi connectivity index (χ1v) is 11.7. The van der Waals surface area contributed by atoms with Crippen molar-refractivity contribution in [1.29, 1.82) is 0 Å². The van der Waals surface area contributed by atoms with Crippen LogP contribution in [0.1, 0.15) is 43.1 Å². The van der Waals surface area contributed by atoms with Gasteiger partial charge in [-0.25, -0.2) is 8.42 Å². The Morgan fingerprint density at radius 1 is 1.16 bits per heavy atom. The summed E-state index contributed by atoms with van der Waals surface area (Å²) in [4.78, 5) is 0.323. The summed E-state index contributed by atoms with van der Waals surface area (Å²) in [7, 11) is -3.54. The SMILES string of the molecule is CCCN(CCC)S(=O)(=O)c1c(C)nn(Cc2nnc(SC)s2)c1C. The molecule has 2 aromatic rings. The molecule has 0 aliphatic heterocycles. The van der Waals surface area contributed by atoms with Crippen molar-refractivity contribution >= 4 is 33.1 Å². The maximum atomic E-state index is 13.1. The highest BCUT2D eigenvalue weighted by Gasteiger charge is 2.30. The van der Waals surface area contributed by atoms with Gasteiger partial charge in [0, 0.05) is 13.1 Å². The zero-order valence-electron chi connectivity index (χ0n) is 15.3. The molecule has 0 aliphatic carbocycles. The van der Waals surface area contributed by atoms with Gasteiger partial charge in [0.25, 0.3) is 0 Å². The maximum Gasteiger partial charge on any atom is 0.246 e. The quantitative estimate of drug-likeness (QED) is 0.599. The monoisotopic (exact) mass is 403 g/mol. The van der Waals surface area contributed by atoms with Gasteiger partial charge in [-0.3, -0.25) is 4.68 Å². The average molecular weight is 404 g/mol. The van der Waals surface area contributed by atoms with Crippen LogP contribution in [-0.4, -0.2) is 52.0 Å². The summed E-state index contributed by atoms with van der Waals surface area (Å²) in [6, 6.07) is 0. The Bertz CT molecular complexity index is 807. The molecule has 0 fully saturated rings. The van der Waals surface area contributed by atoms with Crippen molar-refractivity contribution < 1.29 is 8.42 Å². The first-order valence-electron chi connectivity index (χ1n) is 8.25. The highest BCUT2D eigenvalue weighted by molar-refractivity contribution is 8.00. The molecular weight excluding hydrogens is 378 g/mol. The van der Waals surface area contributed by atoms with E-state index in [0.29, 0.717) is 35.9 Å². The highest BCUT2D eigenvalue weighted by Crippen LogP contribution is 2.26. The van der Waals surface area contributed by atoms with Gasteiger partial charge in [0.2, 0.25) is 10.0 Å². The van der Waals surface area contributed by atoms with E-state index in [2.05, 4.69) is 15.3 Å². The van der Waals surface area contributed by atoms with E-state index >= 15 is 0 Å². The zero-order chi connectivity index (χ0) is 18.6. The van der Waals surface area contributed by atoms with Gasteiger partial charge in [0.15, 0.2) is 4.34 Å². The van der Waals surface area contributed by atoms with Crippen molar-refractivity contribution in [3.8, 4) is 0 Å². The number of hydrogen-bond acceptors (Lipinski definition) is 7. The second-order valence-electron chi connectivity index (χ2n) is 5.73. The van der Waals surface area contributed by atoms with E-state index in [-0.39, 0.29) is 0 Å². The van der Waals surface area contributed by atoms with Crippen molar-refractivity contribution in [2.45, 2.75) is 56.3 Å². The molecule has 0 bridgehead atoms. The van der Waals surface area contributed by atoms with Crippen LogP contribution in [0.25, 0.3) is 0 Å². The molecule has 2 rings (SSSR count). The fourth-order valence-corrected chi connectivity index (χ4v) is 5.99. The lowest BCUT2D eigenvalue weighted by atomic mass is 10.4. The van der Waals surface area contributed by atoms with Crippen LogP contribution < -0.4 is 0 Å². The molecule has 0 unspecified atom stereocenters. The van der Waals surface area contributed by atoms with Crippen molar-refractivity contribution in [3.63, 3.8) is 0 Å². The number of aromatic nitrogens is 4. The van der Waals surface area contributed by atoms with E-state index in [4.69, 9.17) is 0 Å². The average Bonchev–Trinajstić information content (AvgIpc) is 3.12. The van der Waals surface area contributed by atoms with Crippen molar-refractivity contribution in [1.82, 2.24) is 24.3 Å². The van der Waals surface area contributed by atoms with Crippen molar-refractivity contribution in [3.05, 3.63) is 16.4 Å². The lowest BCUT2D eigenvalue weighted by Crippen LogP contribution is -2.33. The molecule has 0 radical (unpaired) electrons. The molecule has 0 spiro atoms. The number of rotatable bonds is 9. The lowest BCUT2D eigenvalue weighted by Gasteiger charge is -2.21. The predicted octanol–water partition coefficient (Wildman–Crippen LogP) is 2.93. The Balaban J connectivity index is 2.37. The third-order valence-electron chi connectivity index (χ3n) is 3.77. The van der Waals surface area contributed by atoms with Gasteiger partial charge in [-0.15, -0.1) is 10.2 Å². The van der Waals surface area contributed by atoms with Crippen LogP contribution in [0.3, 0.4) is 0 Å². The standard InChI is InChI=1S/C15H25N5O2S3/c1-6-8-19(9-7-2)25(21,22)14-11(3)18-20(12(14)4)10-13-16-17-15(23-5)24-13/h6-10H2,1-5H3. The van der Waals surface area contributed by atoms with Crippen molar-refractivity contribution in [2.75, 3.05) is 19.3 Å². The van der Waals surface area contributed by atoms with Crippen LogP contribution in [0.5, 0.6) is 0 Å². The first kappa shape index (κ1) is 20.3. The van der Waals surface area contributed by atoms with Gasteiger partial charge in [-0.1, -0.05) is 36.9 Å². The predicted molar refractivity (Wildman–Crippen MR) is 102 cm³/mol. The molecule has 140 valence electrons. The Hall–Kier alpha value is -0.970. The zero-order valence-corrected chi connectivity index (χ0v) is 17.8. The highest BCUT2D eigenvalue weighted by atomic mass is 32.2. The summed E-state index contributed by atoms with van der Waals surface area (Å²) in [6.07, 6.45) is 3.52. The van der Waals surface area contributed by atoms with E-state index in [1.807, 2.05) is 20.1 Å². The molecule has 0 N–H and O–H groups in total. The molecule has 0 saturated heterocycles. The molecule has 2 heterocycles. The van der Waals surface area contributed by atoms with Crippen LogP contribution in [0.15, 0.2) is 9.24 Å². The Morgan fingerprint density at radius 2 is 1.80 bits per heavy atom. The minimum Gasteiger partial charge on any atom is -0.261 e. The smallest absolute Gasteiger partial charge is 0.246 e. The molecule has 0 saturated carbocycles. The summed E-state index contributed by atoms with van der Waals surface area (Å²) < 4.78 is 30.4. The maximum absolute atomic E-state index is 13.1. The summed E-state index contributed by atoms with van der Waals surface area (Å²) in [5.74, 6) is 0. The molecule has 10 heteroatoms. The number of aryl methyl sites for hydroxylation is 1. The normalized spacial score (nSPS) is 12.2. The van der Waals surface area contributed by atoms with E-state index in [9.17, 15) is 8.42 Å². The topological polar surface area (TPSA) is 81.0 Å². The molecule has 0 aromatic carbocycles. The first-order chi connectivity index (χ1) is 11.8. The van der Waals surface area contributed by atoms with Crippen LogP contribution >= 0.6 is 23.1 Å². The second kappa shape index (κ2) is 8.61. The molecule has 0 aliphatic rings. The lowest BCUT2D eigenvalue weighted by molar-refractivity contribution is 0.409. The summed E-state index contributed by atoms with van der Waals surface area (Å²) in [5.41, 5.74) is 1.18. The molecule has 25 heavy (non-hydrogen) atoms. The number of thioether (sulfide) groups is 1. The van der Waals surface area contributed by atoms with Crippen LogP contribution in [-0.2, 0) is 16.6 Å². The van der Waals surface area contributed by atoms with Gasteiger partial charge in [0.05, 0.1) is 17.9 Å². The van der Waals surface area contributed by atoms with Crippen LogP contribution in [0.4, 0.5) is 0 Å². The number of nitrogens with zero attached hydrogens (tertiary/aromatic N) is 5. The van der Waals surface area contributed by atoms with Gasteiger partial charge in [-0.05, 0) is 32.9 Å². The molecule has 2 aromatic heterocycles. The Labute approximate surface area is 157 Å². The fraction of sp³-hybridized carbons (Fsp3) is 0.667. The minimum absolute atomic E-state index is 0.323. The van der Waals surface area contributed by atoms with Gasteiger partial charge in [0.1, 0.15) is 9.90 Å². The van der Waals surface area contributed by atoms with Gasteiger partial charge in [-0.2, -0.15) is 9.40 Å². The fourth-order valence-electron chi connectivity index (χ4n) is 2.70. The van der Waals surface area contributed by atoms with Crippen LogP contribution in [0, 0.1) is 13.8 Å². The number of sulfonamides is 1.